The molecule has 1 fully saturated rings. The van der Waals surface area contributed by atoms with Crippen LogP contribution in [0.1, 0.15) is 46.9 Å². The van der Waals surface area contributed by atoms with Gasteiger partial charge in [-0.1, -0.05) is 0 Å². The van der Waals surface area contributed by atoms with Crippen LogP contribution in [-0.2, 0) is 0 Å². The fourth-order valence-corrected chi connectivity index (χ4v) is 2.32. The van der Waals surface area contributed by atoms with Crippen molar-refractivity contribution in [1.82, 2.24) is 4.90 Å². The minimum absolute atomic E-state index is 0.000797. The molecular formula is C14H17NO3. The van der Waals surface area contributed by atoms with Gasteiger partial charge in [-0.2, -0.15) is 0 Å². The number of carbonyl (C=O) groups excluding carboxylic acids is 1. The van der Waals surface area contributed by atoms with Gasteiger partial charge in [0.25, 0.3) is 5.91 Å². The molecule has 4 heteroatoms. The summed E-state index contributed by atoms with van der Waals surface area (Å²) in [7, 11) is 0. The average molecular weight is 247 g/mol. The Morgan fingerprint density at radius 1 is 1.17 bits per heavy atom. The fraction of sp³-hybridized carbons (Fsp3) is 0.429. The number of hydrogen-bond donors (Lipinski definition) is 1. The largest absolute Gasteiger partial charge is 0.478 e. The van der Waals surface area contributed by atoms with Gasteiger partial charge in [0.05, 0.1) is 5.56 Å². The summed E-state index contributed by atoms with van der Waals surface area (Å²) >= 11 is 0. The molecule has 4 nitrogen and oxygen atoms in total. The molecule has 0 bridgehead atoms. The number of likely N-dealkylation sites (tertiary alicyclic amines) is 1. The van der Waals surface area contributed by atoms with E-state index in [9.17, 15) is 9.59 Å². The summed E-state index contributed by atoms with van der Waals surface area (Å²) in [5.74, 6) is -0.973. The zero-order valence-electron chi connectivity index (χ0n) is 10.4. The minimum Gasteiger partial charge on any atom is -0.478 e. The summed E-state index contributed by atoms with van der Waals surface area (Å²) in [4.78, 5) is 24.9. The van der Waals surface area contributed by atoms with Crippen molar-refractivity contribution >= 4 is 11.9 Å². The van der Waals surface area contributed by atoms with E-state index in [1.54, 1.807) is 12.1 Å². The quantitative estimate of drug-likeness (QED) is 0.873. The second kappa shape index (κ2) is 5.21. The van der Waals surface area contributed by atoms with Crippen LogP contribution in [0.5, 0.6) is 0 Å². The van der Waals surface area contributed by atoms with Gasteiger partial charge in [0.15, 0.2) is 0 Å². The zero-order valence-corrected chi connectivity index (χ0v) is 10.4. The molecule has 0 spiro atoms. The van der Waals surface area contributed by atoms with E-state index in [2.05, 4.69) is 6.92 Å². The average Bonchev–Trinajstić information content (AvgIpc) is 2.38. The number of carboxylic acid groups (broad SMARTS) is 1. The molecule has 1 aromatic rings. The minimum atomic E-state index is -0.972. The van der Waals surface area contributed by atoms with Crippen LogP contribution in [0.3, 0.4) is 0 Å². The predicted molar refractivity (Wildman–Crippen MR) is 67.8 cm³/mol. The molecule has 0 aliphatic carbocycles. The van der Waals surface area contributed by atoms with Crippen molar-refractivity contribution in [2.24, 2.45) is 0 Å². The van der Waals surface area contributed by atoms with E-state index < -0.39 is 5.97 Å². The molecule has 1 unspecified atom stereocenters. The van der Waals surface area contributed by atoms with Crippen LogP contribution in [0.15, 0.2) is 24.3 Å². The maximum atomic E-state index is 12.3. The third-order valence-electron chi connectivity index (χ3n) is 3.44. The van der Waals surface area contributed by atoms with E-state index in [1.807, 2.05) is 4.90 Å². The van der Waals surface area contributed by atoms with E-state index in [1.165, 1.54) is 18.6 Å². The van der Waals surface area contributed by atoms with Crippen molar-refractivity contribution in [2.45, 2.75) is 32.2 Å². The van der Waals surface area contributed by atoms with Crippen LogP contribution in [0.4, 0.5) is 0 Å². The van der Waals surface area contributed by atoms with Gasteiger partial charge in [0.2, 0.25) is 0 Å². The van der Waals surface area contributed by atoms with E-state index in [0.29, 0.717) is 5.56 Å². The fourth-order valence-electron chi connectivity index (χ4n) is 2.32. The molecule has 1 atom stereocenters. The lowest BCUT2D eigenvalue weighted by Crippen LogP contribution is -2.42. The van der Waals surface area contributed by atoms with Crippen LogP contribution in [-0.4, -0.2) is 34.5 Å². The number of nitrogens with zero attached hydrogens (tertiary/aromatic N) is 1. The number of hydrogen-bond acceptors (Lipinski definition) is 2. The Bertz CT molecular complexity index is 453. The van der Waals surface area contributed by atoms with Crippen molar-refractivity contribution < 1.29 is 14.7 Å². The Kier molecular flexibility index (Phi) is 3.65. The Labute approximate surface area is 106 Å². The van der Waals surface area contributed by atoms with Gasteiger partial charge in [-0.25, -0.2) is 4.79 Å². The van der Waals surface area contributed by atoms with E-state index in [4.69, 9.17) is 5.11 Å². The second-order valence-corrected chi connectivity index (χ2v) is 4.73. The summed E-state index contributed by atoms with van der Waals surface area (Å²) in [6.45, 7) is 2.85. The van der Waals surface area contributed by atoms with Crippen molar-refractivity contribution in [1.29, 1.82) is 0 Å². The molecule has 2 rings (SSSR count). The first-order valence-electron chi connectivity index (χ1n) is 6.24. The zero-order chi connectivity index (χ0) is 13.1. The number of carboxylic acids is 1. The van der Waals surface area contributed by atoms with Crippen molar-refractivity contribution in [3.63, 3.8) is 0 Å². The highest BCUT2D eigenvalue weighted by Gasteiger charge is 2.24. The first-order chi connectivity index (χ1) is 8.59. The highest BCUT2D eigenvalue weighted by molar-refractivity contribution is 5.96. The maximum absolute atomic E-state index is 12.3. The molecule has 1 saturated heterocycles. The Morgan fingerprint density at radius 2 is 1.78 bits per heavy atom. The third kappa shape index (κ3) is 2.53. The molecule has 18 heavy (non-hydrogen) atoms. The van der Waals surface area contributed by atoms with Crippen LogP contribution in [0, 0.1) is 0 Å². The first kappa shape index (κ1) is 12.6. The van der Waals surface area contributed by atoms with E-state index in [-0.39, 0.29) is 17.5 Å². The number of carbonyl (C=O) groups is 2. The number of aromatic carboxylic acids is 1. The molecule has 1 N–H and O–H groups in total. The van der Waals surface area contributed by atoms with Crippen molar-refractivity contribution in [3.8, 4) is 0 Å². The van der Waals surface area contributed by atoms with Gasteiger partial charge in [-0.3, -0.25) is 4.79 Å². The van der Waals surface area contributed by atoms with Gasteiger partial charge >= 0.3 is 5.97 Å². The highest BCUT2D eigenvalue weighted by atomic mass is 16.4. The molecule has 0 saturated carbocycles. The van der Waals surface area contributed by atoms with Crippen LogP contribution >= 0.6 is 0 Å². The van der Waals surface area contributed by atoms with Gasteiger partial charge in [0, 0.05) is 18.2 Å². The molecular weight excluding hydrogens is 230 g/mol. The predicted octanol–water partition coefficient (Wildman–Crippen LogP) is 2.40. The third-order valence-corrected chi connectivity index (χ3v) is 3.44. The van der Waals surface area contributed by atoms with Crippen LogP contribution in [0.2, 0.25) is 0 Å². The summed E-state index contributed by atoms with van der Waals surface area (Å²) in [6, 6.07) is 6.40. The first-order valence-corrected chi connectivity index (χ1v) is 6.24. The lowest BCUT2D eigenvalue weighted by atomic mass is 10.0. The number of piperidine rings is 1. The van der Waals surface area contributed by atoms with Crippen molar-refractivity contribution in [2.75, 3.05) is 6.54 Å². The molecule has 0 radical (unpaired) electrons. The molecule has 1 aliphatic heterocycles. The highest BCUT2D eigenvalue weighted by Crippen LogP contribution is 2.19. The number of amides is 1. The monoisotopic (exact) mass is 247 g/mol. The summed E-state index contributed by atoms with van der Waals surface area (Å²) in [5, 5.41) is 8.81. The topological polar surface area (TPSA) is 57.6 Å². The Balaban J connectivity index is 2.15. The van der Waals surface area contributed by atoms with Crippen LogP contribution < -0.4 is 0 Å². The molecule has 1 aromatic carbocycles. The SMILES string of the molecule is CC1CCCCN1C(=O)c1ccc(C(=O)O)cc1. The molecule has 1 amide bonds. The maximum Gasteiger partial charge on any atom is 0.335 e. The summed E-state index contributed by atoms with van der Waals surface area (Å²) in [6.07, 6.45) is 3.26. The molecule has 1 heterocycles. The summed E-state index contributed by atoms with van der Waals surface area (Å²) in [5.41, 5.74) is 0.770. The standard InChI is InChI=1S/C14H17NO3/c1-10-4-2-3-9-15(10)13(16)11-5-7-12(8-6-11)14(17)18/h5-8,10H,2-4,9H2,1H3,(H,17,18). The molecule has 96 valence electrons. The van der Waals surface area contributed by atoms with Crippen molar-refractivity contribution in [3.05, 3.63) is 35.4 Å². The van der Waals surface area contributed by atoms with Gasteiger partial charge in [-0.15, -0.1) is 0 Å². The van der Waals surface area contributed by atoms with E-state index >= 15 is 0 Å². The summed E-state index contributed by atoms with van der Waals surface area (Å²) < 4.78 is 0. The number of rotatable bonds is 2. The normalized spacial score (nSPS) is 19.6. The van der Waals surface area contributed by atoms with Crippen LogP contribution in [0.25, 0.3) is 0 Å². The second-order valence-electron chi connectivity index (χ2n) is 4.73. The smallest absolute Gasteiger partial charge is 0.335 e. The number of benzene rings is 1. The van der Waals surface area contributed by atoms with Gasteiger partial charge < -0.3 is 10.0 Å². The Hall–Kier alpha value is -1.84. The Morgan fingerprint density at radius 3 is 2.33 bits per heavy atom. The lowest BCUT2D eigenvalue weighted by Gasteiger charge is -2.33. The molecule has 0 aromatic heterocycles. The lowest BCUT2D eigenvalue weighted by molar-refractivity contribution is 0.0632. The van der Waals surface area contributed by atoms with Gasteiger partial charge in [0.1, 0.15) is 0 Å². The van der Waals surface area contributed by atoms with E-state index in [0.717, 1.165) is 19.4 Å². The van der Waals surface area contributed by atoms with Gasteiger partial charge in [-0.05, 0) is 50.5 Å². The molecule has 1 aliphatic rings.